The maximum absolute atomic E-state index is 5.67. The summed E-state index contributed by atoms with van der Waals surface area (Å²) in [5, 5.41) is 3.39. The van der Waals surface area contributed by atoms with Crippen molar-refractivity contribution in [2.24, 2.45) is 0 Å². The number of pyridine rings is 1. The fraction of sp³-hybridized carbons (Fsp3) is 0.214. The fourth-order valence-corrected chi connectivity index (χ4v) is 1.71. The zero-order chi connectivity index (χ0) is 12.3. The first-order valence-electron chi connectivity index (χ1n) is 5.70. The highest BCUT2D eigenvalue weighted by Gasteiger charge is 2.06. The van der Waals surface area contributed by atoms with Crippen LogP contribution in [0, 0.1) is 6.92 Å². The zero-order valence-corrected chi connectivity index (χ0v) is 10.1. The minimum absolute atomic E-state index is 0.212. The van der Waals surface area contributed by atoms with Crippen LogP contribution in [-0.2, 0) is 0 Å². The first-order valence-corrected chi connectivity index (χ1v) is 5.70. The minimum atomic E-state index is 0.212. The van der Waals surface area contributed by atoms with Gasteiger partial charge in [-0.1, -0.05) is 18.2 Å². The summed E-state index contributed by atoms with van der Waals surface area (Å²) in [6, 6.07) is 12.1. The Morgan fingerprint density at radius 1 is 1.18 bits per heavy atom. The number of benzene rings is 1. The molecule has 0 spiro atoms. The summed E-state index contributed by atoms with van der Waals surface area (Å²) in [6.45, 7) is 4.16. The smallest absolute Gasteiger partial charge is 0.129 e. The molecule has 3 nitrogen and oxygen atoms in total. The predicted octanol–water partition coefficient (Wildman–Crippen LogP) is 3.15. The van der Waals surface area contributed by atoms with Gasteiger partial charge in [0.05, 0.1) is 0 Å². The van der Waals surface area contributed by atoms with Gasteiger partial charge in [-0.3, -0.25) is 0 Å². The molecule has 3 heteroatoms. The molecule has 0 bridgehead atoms. The molecule has 1 aromatic heterocycles. The Balaban J connectivity index is 2.14. The van der Waals surface area contributed by atoms with Crippen LogP contribution in [0.1, 0.15) is 24.1 Å². The predicted molar refractivity (Wildman–Crippen MR) is 71.9 cm³/mol. The van der Waals surface area contributed by atoms with E-state index in [1.807, 2.05) is 43.3 Å². The Morgan fingerprint density at radius 3 is 2.53 bits per heavy atom. The van der Waals surface area contributed by atoms with Crippen LogP contribution in [0.4, 0.5) is 11.5 Å². The second kappa shape index (κ2) is 4.87. The molecular formula is C14H17N3. The lowest BCUT2D eigenvalue weighted by Crippen LogP contribution is -2.08. The monoisotopic (exact) mass is 227 g/mol. The van der Waals surface area contributed by atoms with E-state index in [0.29, 0.717) is 0 Å². The Kier molecular flexibility index (Phi) is 3.28. The third-order valence-electron chi connectivity index (χ3n) is 2.80. The Bertz CT molecular complexity index is 491. The van der Waals surface area contributed by atoms with E-state index in [0.717, 1.165) is 17.1 Å². The molecule has 0 aliphatic heterocycles. The molecule has 17 heavy (non-hydrogen) atoms. The van der Waals surface area contributed by atoms with Crippen molar-refractivity contribution in [2.45, 2.75) is 19.9 Å². The SMILES string of the molecule is Cc1cccnc1NC(C)c1ccc(N)cc1. The molecule has 1 unspecified atom stereocenters. The minimum Gasteiger partial charge on any atom is -0.399 e. The molecule has 3 N–H and O–H groups in total. The summed E-state index contributed by atoms with van der Waals surface area (Å²) in [6.07, 6.45) is 1.80. The molecular weight excluding hydrogens is 210 g/mol. The quantitative estimate of drug-likeness (QED) is 0.792. The molecule has 0 aliphatic rings. The van der Waals surface area contributed by atoms with E-state index in [1.165, 1.54) is 5.56 Å². The second-order valence-corrected chi connectivity index (χ2v) is 4.20. The van der Waals surface area contributed by atoms with Gasteiger partial charge in [0.2, 0.25) is 0 Å². The van der Waals surface area contributed by atoms with Gasteiger partial charge in [0.25, 0.3) is 0 Å². The number of aromatic nitrogens is 1. The number of nitrogens with zero attached hydrogens (tertiary/aromatic N) is 1. The lowest BCUT2D eigenvalue weighted by atomic mass is 10.1. The van der Waals surface area contributed by atoms with Gasteiger partial charge < -0.3 is 11.1 Å². The highest BCUT2D eigenvalue weighted by Crippen LogP contribution is 2.20. The molecule has 1 heterocycles. The maximum Gasteiger partial charge on any atom is 0.129 e. The summed E-state index contributed by atoms with van der Waals surface area (Å²) >= 11 is 0. The van der Waals surface area contributed by atoms with Gasteiger partial charge in [0, 0.05) is 17.9 Å². The zero-order valence-electron chi connectivity index (χ0n) is 10.1. The number of anilines is 2. The van der Waals surface area contributed by atoms with E-state index in [4.69, 9.17) is 5.73 Å². The van der Waals surface area contributed by atoms with E-state index in [9.17, 15) is 0 Å². The molecule has 0 saturated heterocycles. The first-order chi connectivity index (χ1) is 8.16. The molecule has 2 rings (SSSR count). The van der Waals surface area contributed by atoms with Gasteiger partial charge in [-0.15, -0.1) is 0 Å². The van der Waals surface area contributed by atoms with Crippen LogP contribution in [0.15, 0.2) is 42.6 Å². The average molecular weight is 227 g/mol. The van der Waals surface area contributed by atoms with Crippen molar-refractivity contribution in [1.29, 1.82) is 0 Å². The van der Waals surface area contributed by atoms with Gasteiger partial charge in [-0.25, -0.2) is 4.98 Å². The van der Waals surface area contributed by atoms with Crippen molar-refractivity contribution < 1.29 is 0 Å². The van der Waals surface area contributed by atoms with Crippen LogP contribution in [0.25, 0.3) is 0 Å². The van der Waals surface area contributed by atoms with Gasteiger partial charge >= 0.3 is 0 Å². The van der Waals surface area contributed by atoms with E-state index in [2.05, 4.69) is 17.2 Å². The molecule has 0 amide bonds. The van der Waals surface area contributed by atoms with E-state index in [-0.39, 0.29) is 6.04 Å². The van der Waals surface area contributed by atoms with Crippen LogP contribution in [0.5, 0.6) is 0 Å². The molecule has 1 aromatic carbocycles. The van der Waals surface area contributed by atoms with E-state index >= 15 is 0 Å². The number of aryl methyl sites for hydroxylation is 1. The van der Waals surface area contributed by atoms with Crippen LogP contribution in [-0.4, -0.2) is 4.98 Å². The van der Waals surface area contributed by atoms with Gasteiger partial charge in [-0.2, -0.15) is 0 Å². The number of nitrogens with one attached hydrogen (secondary N) is 1. The van der Waals surface area contributed by atoms with Gasteiger partial charge in [0.15, 0.2) is 0 Å². The standard InChI is InChI=1S/C14H17N3/c1-10-4-3-9-16-14(10)17-11(2)12-5-7-13(15)8-6-12/h3-9,11H,15H2,1-2H3,(H,16,17). The summed E-state index contributed by atoms with van der Waals surface area (Å²) in [4.78, 5) is 4.33. The Morgan fingerprint density at radius 2 is 1.88 bits per heavy atom. The van der Waals surface area contributed by atoms with E-state index < -0.39 is 0 Å². The number of hydrogen-bond acceptors (Lipinski definition) is 3. The lowest BCUT2D eigenvalue weighted by molar-refractivity contribution is 0.872. The van der Waals surface area contributed by atoms with Crippen molar-refractivity contribution in [3.8, 4) is 0 Å². The van der Waals surface area contributed by atoms with Crippen LogP contribution >= 0.6 is 0 Å². The summed E-state index contributed by atoms with van der Waals surface area (Å²) in [7, 11) is 0. The fourth-order valence-electron chi connectivity index (χ4n) is 1.71. The number of hydrogen-bond donors (Lipinski definition) is 2. The lowest BCUT2D eigenvalue weighted by Gasteiger charge is -2.16. The van der Waals surface area contributed by atoms with Crippen molar-refractivity contribution in [3.05, 3.63) is 53.7 Å². The maximum atomic E-state index is 5.67. The van der Waals surface area contributed by atoms with Crippen molar-refractivity contribution in [1.82, 2.24) is 4.98 Å². The summed E-state index contributed by atoms with van der Waals surface area (Å²) < 4.78 is 0. The largest absolute Gasteiger partial charge is 0.399 e. The molecule has 0 radical (unpaired) electrons. The molecule has 0 fully saturated rings. The molecule has 0 saturated carbocycles. The van der Waals surface area contributed by atoms with E-state index in [1.54, 1.807) is 6.20 Å². The number of nitrogen functional groups attached to an aromatic ring is 1. The normalized spacial score (nSPS) is 12.1. The molecule has 1 atom stereocenters. The Hall–Kier alpha value is -2.03. The van der Waals surface area contributed by atoms with Crippen LogP contribution in [0.3, 0.4) is 0 Å². The second-order valence-electron chi connectivity index (χ2n) is 4.20. The average Bonchev–Trinajstić information content (AvgIpc) is 2.33. The number of rotatable bonds is 3. The topological polar surface area (TPSA) is 50.9 Å². The molecule has 2 aromatic rings. The third kappa shape index (κ3) is 2.75. The van der Waals surface area contributed by atoms with Crippen molar-refractivity contribution in [3.63, 3.8) is 0 Å². The summed E-state index contributed by atoms with van der Waals surface area (Å²) in [5.41, 5.74) is 8.80. The van der Waals surface area contributed by atoms with Crippen molar-refractivity contribution in [2.75, 3.05) is 11.1 Å². The molecule has 0 aliphatic carbocycles. The van der Waals surface area contributed by atoms with Crippen molar-refractivity contribution >= 4 is 11.5 Å². The van der Waals surface area contributed by atoms with Gasteiger partial charge in [0.1, 0.15) is 5.82 Å². The molecule has 88 valence electrons. The summed E-state index contributed by atoms with van der Waals surface area (Å²) in [5.74, 6) is 0.928. The Labute approximate surface area is 102 Å². The first kappa shape index (κ1) is 11.5. The van der Waals surface area contributed by atoms with Gasteiger partial charge in [-0.05, 0) is 43.2 Å². The highest BCUT2D eigenvalue weighted by molar-refractivity contribution is 5.46. The highest BCUT2D eigenvalue weighted by atomic mass is 15.0. The third-order valence-corrected chi connectivity index (χ3v) is 2.80. The van der Waals surface area contributed by atoms with Crippen LogP contribution in [0.2, 0.25) is 0 Å². The van der Waals surface area contributed by atoms with Crippen LogP contribution < -0.4 is 11.1 Å². The number of nitrogens with two attached hydrogens (primary N) is 1.